The summed E-state index contributed by atoms with van der Waals surface area (Å²) in [7, 11) is 0. The molecule has 2 N–H and O–H groups in total. The van der Waals surface area contributed by atoms with Gasteiger partial charge in [0.15, 0.2) is 0 Å². The first-order chi connectivity index (χ1) is 7.29. The van der Waals surface area contributed by atoms with Gasteiger partial charge in [-0.25, -0.2) is 0 Å². The molecule has 0 saturated carbocycles. The molecule has 1 atom stereocenters. The number of hydrogen-bond donors (Lipinski definition) is 1. The maximum Gasteiger partial charge on any atom is 0.124 e. The molecular weight excluding hydrogens is 190 g/mol. The van der Waals surface area contributed by atoms with Gasteiger partial charge in [-0.15, -0.1) is 0 Å². The van der Waals surface area contributed by atoms with Crippen LogP contribution in [0.15, 0.2) is 18.2 Å². The molecule has 1 aliphatic rings. The van der Waals surface area contributed by atoms with Crippen molar-refractivity contribution in [3.05, 3.63) is 29.3 Å². The average molecular weight is 207 g/mol. The van der Waals surface area contributed by atoms with Gasteiger partial charge in [-0.1, -0.05) is 6.07 Å². The third-order valence-corrected chi connectivity index (χ3v) is 2.72. The molecule has 0 spiro atoms. The molecular formula is C12H17NO2. The van der Waals surface area contributed by atoms with Crippen LogP contribution in [0.3, 0.4) is 0 Å². The molecule has 1 saturated heterocycles. The largest absolute Gasteiger partial charge is 0.488 e. The number of hydrogen-bond acceptors (Lipinski definition) is 3. The Morgan fingerprint density at radius 1 is 1.53 bits per heavy atom. The highest BCUT2D eigenvalue weighted by atomic mass is 16.5. The van der Waals surface area contributed by atoms with E-state index in [9.17, 15) is 0 Å². The van der Waals surface area contributed by atoms with Gasteiger partial charge in [0.05, 0.1) is 13.2 Å². The van der Waals surface area contributed by atoms with Crippen molar-refractivity contribution < 1.29 is 9.47 Å². The quantitative estimate of drug-likeness (QED) is 0.819. The van der Waals surface area contributed by atoms with E-state index in [-0.39, 0.29) is 6.10 Å². The molecule has 1 unspecified atom stereocenters. The zero-order valence-electron chi connectivity index (χ0n) is 9.03. The molecule has 0 amide bonds. The van der Waals surface area contributed by atoms with Crippen LogP contribution in [0.4, 0.5) is 0 Å². The minimum Gasteiger partial charge on any atom is -0.488 e. The molecule has 1 aromatic rings. The van der Waals surface area contributed by atoms with E-state index in [4.69, 9.17) is 15.2 Å². The van der Waals surface area contributed by atoms with Gasteiger partial charge in [0.25, 0.3) is 0 Å². The third kappa shape index (κ3) is 2.49. The second-order valence-electron chi connectivity index (χ2n) is 3.90. The lowest BCUT2D eigenvalue weighted by molar-refractivity contribution is 0.141. The zero-order chi connectivity index (χ0) is 10.7. The predicted molar refractivity (Wildman–Crippen MR) is 58.9 cm³/mol. The molecule has 0 bridgehead atoms. The molecule has 0 aliphatic carbocycles. The Hall–Kier alpha value is -1.06. The van der Waals surface area contributed by atoms with E-state index in [1.54, 1.807) is 0 Å². The van der Waals surface area contributed by atoms with Crippen molar-refractivity contribution in [3.63, 3.8) is 0 Å². The molecule has 1 aromatic carbocycles. The van der Waals surface area contributed by atoms with Crippen molar-refractivity contribution in [1.29, 1.82) is 0 Å². The van der Waals surface area contributed by atoms with Crippen molar-refractivity contribution in [2.24, 2.45) is 5.73 Å². The lowest BCUT2D eigenvalue weighted by Gasteiger charge is -2.13. The SMILES string of the molecule is Cc1cc(OC2CCOC2)ccc1CN. The Morgan fingerprint density at radius 2 is 2.40 bits per heavy atom. The number of ether oxygens (including phenoxy) is 2. The second-order valence-corrected chi connectivity index (χ2v) is 3.90. The van der Waals surface area contributed by atoms with Gasteiger partial charge in [-0.3, -0.25) is 0 Å². The zero-order valence-corrected chi connectivity index (χ0v) is 9.03. The van der Waals surface area contributed by atoms with Crippen molar-refractivity contribution in [2.75, 3.05) is 13.2 Å². The smallest absolute Gasteiger partial charge is 0.124 e. The molecule has 3 nitrogen and oxygen atoms in total. The Labute approximate surface area is 90.2 Å². The standard InChI is InChI=1S/C12H17NO2/c1-9-6-11(3-2-10(9)7-13)15-12-4-5-14-8-12/h2-3,6,12H,4-5,7-8,13H2,1H3. The maximum atomic E-state index is 5.79. The monoisotopic (exact) mass is 207 g/mol. The molecule has 1 aliphatic heterocycles. The summed E-state index contributed by atoms with van der Waals surface area (Å²) in [6, 6.07) is 6.05. The molecule has 3 heteroatoms. The fraction of sp³-hybridized carbons (Fsp3) is 0.500. The second kappa shape index (κ2) is 4.64. The van der Waals surface area contributed by atoms with Crippen LogP contribution < -0.4 is 10.5 Å². The highest BCUT2D eigenvalue weighted by molar-refractivity contribution is 5.34. The molecule has 82 valence electrons. The number of rotatable bonds is 3. The highest BCUT2D eigenvalue weighted by Crippen LogP contribution is 2.20. The van der Waals surface area contributed by atoms with Crippen LogP contribution in [0.25, 0.3) is 0 Å². The van der Waals surface area contributed by atoms with Crippen LogP contribution in [0.5, 0.6) is 5.75 Å². The molecule has 2 rings (SSSR count). The number of nitrogens with two attached hydrogens (primary N) is 1. The summed E-state index contributed by atoms with van der Waals surface area (Å²) in [5.74, 6) is 0.917. The Balaban J connectivity index is 2.05. The molecule has 1 fully saturated rings. The van der Waals surface area contributed by atoms with Crippen LogP contribution in [0.2, 0.25) is 0 Å². The summed E-state index contributed by atoms with van der Waals surface area (Å²) in [5.41, 5.74) is 7.96. The normalized spacial score (nSPS) is 20.5. The first kappa shape index (κ1) is 10.5. The van der Waals surface area contributed by atoms with Crippen LogP contribution >= 0.6 is 0 Å². The third-order valence-electron chi connectivity index (χ3n) is 2.72. The number of benzene rings is 1. The van der Waals surface area contributed by atoms with Gasteiger partial charge in [0, 0.05) is 13.0 Å². The summed E-state index contributed by atoms with van der Waals surface area (Å²) >= 11 is 0. The van der Waals surface area contributed by atoms with Crippen molar-refractivity contribution in [3.8, 4) is 5.75 Å². The predicted octanol–water partition coefficient (Wildman–Crippen LogP) is 1.62. The molecule has 0 radical (unpaired) electrons. The van der Waals surface area contributed by atoms with Crippen molar-refractivity contribution in [1.82, 2.24) is 0 Å². The minimum atomic E-state index is 0.216. The van der Waals surface area contributed by atoms with Crippen molar-refractivity contribution in [2.45, 2.75) is 26.0 Å². The first-order valence-corrected chi connectivity index (χ1v) is 5.33. The van der Waals surface area contributed by atoms with Crippen molar-refractivity contribution >= 4 is 0 Å². The Bertz CT molecular complexity index is 332. The van der Waals surface area contributed by atoms with Gasteiger partial charge in [-0.05, 0) is 30.2 Å². The van der Waals surface area contributed by atoms with E-state index in [0.717, 1.165) is 18.8 Å². The summed E-state index contributed by atoms with van der Waals surface area (Å²) < 4.78 is 11.0. The van der Waals surface area contributed by atoms with Gasteiger partial charge in [-0.2, -0.15) is 0 Å². The Kier molecular flexibility index (Phi) is 3.23. The van der Waals surface area contributed by atoms with Crippen LogP contribution in [0, 0.1) is 6.92 Å². The molecule has 0 aromatic heterocycles. The fourth-order valence-electron chi connectivity index (χ4n) is 1.77. The summed E-state index contributed by atoms with van der Waals surface area (Å²) in [6.45, 7) is 4.15. The fourth-order valence-corrected chi connectivity index (χ4v) is 1.77. The first-order valence-electron chi connectivity index (χ1n) is 5.33. The Morgan fingerprint density at radius 3 is 3.00 bits per heavy atom. The average Bonchev–Trinajstić information content (AvgIpc) is 2.71. The lowest BCUT2D eigenvalue weighted by atomic mass is 10.1. The van der Waals surface area contributed by atoms with Gasteiger partial charge >= 0.3 is 0 Å². The maximum absolute atomic E-state index is 5.79. The summed E-state index contributed by atoms with van der Waals surface area (Å²) in [6.07, 6.45) is 1.20. The van der Waals surface area contributed by atoms with Gasteiger partial charge in [0.1, 0.15) is 11.9 Å². The van der Waals surface area contributed by atoms with Gasteiger partial charge < -0.3 is 15.2 Å². The topological polar surface area (TPSA) is 44.5 Å². The summed E-state index contributed by atoms with van der Waals surface area (Å²) in [5, 5.41) is 0. The van der Waals surface area contributed by atoms with E-state index in [2.05, 4.69) is 6.92 Å². The van der Waals surface area contributed by atoms with E-state index in [1.807, 2.05) is 18.2 Å². The van der Waals surface area contributed by atoms with E-state index >= 15 is 0 Å². The van der Waals surface area contributed by atoms with E-state index in [1.165, 1.54) is 11.1 Å². The minimum absolute atomic E-state index is 0.216. The van der Waals surface area contributed by atoms with E-state index < -0.39 is 0 Å². The highest BCUT2D eigenvalue weighted by Gasteiger charge is 2.17. The van der Waals surface area contributed by atoms with Crippen LogP contribution in [0.1, 0.15) is 17.5 Å². The van der Waals surface area contributed by atoms with Crippen LogP contribution in [-0.4, -0.2) is 19.3 Å². The van der Waals surface area contributed by atoms with Gasteiger partial charge in [0.2, 0.25) is 0 Å². The van der Waals surface area contributed by atoms with Crippen LogP contribution in [-0.2, 0) is 11.3 Å². The molecule has 15 heavy (non-hydrogen) atoms. The molecule has 1 heterocycles. The van der Waals surface area contributed by atoms with E-state index in [0.29, 0.717) is 13.2 Å². The number of aryl methyl sites for hydroxylation is 1. The lowest BCUT2D eigenvalue weighted by Crippen LogP contribution is -2.15. The summed E-state index contributed by atoms with van der Waals surface area (Å²) in [4.78, 5) is 0.